The van der Waals surface area contributed by atoms with Crippen molar-refractivity contribution in [1.82, 2.24) is 19.5 Å². The lowest BCUT2D eigenvalue weighted by Gasteiger charge is -2.23. The molecule has 3 heterocycles. The largest absolute Gasteiger partial charge is 0.497 e. The van der Waals surface area contributed by atoms with E-state index in [1.807, 2.05) is 22.8 Å². The maximum atomic E-state index is 9.78. The van der Waals surface area contributed by atoms with Gasteiger partial charge in [0.25, 0.3) is 0 Å². The number of aromatic nitrogens is 4. The molecule has 1 aromatic carbocycles. The van der Waals surface area contributed by atoms with Crippen LogP contribution in [0.15, 0.2) is 24.5 Å². The molecule has 166 valence electrons. The van der Waals surface area contributed by atoms with Gasteiger partial charge in [-0.15, -0.1) is 0 Å². The highest BCUT2D eigenvalue weighted by atomic mass is 16.5. The minimum absolute atomic E-state index is 0.0448. The average molecular weight is 427 g/mol. The molecule has 1 fully saturated rings. The number of methoxy groups -OCH3 is 2. The first-order valence-corrected chi connectivity index (χ1v) is 10.6. The highest BCUT2D eigenvalue weighted by Gasteiger charge is 2.27. The molecule has 0 spiro atoms. The molecule has 0 radical (unpaired) electrons. The third-order valence-electron chi connectivity index (χ3n) is 5.68. The van der Waals surface area contributed by atoms with Crippen molar-refractivity contribution >= 4 is 22.9 Å². The highest BCUT2D eigenvalue weighted by Crippen LogP contribution is 2.29. The van der Waals surface area contributed by atoms with Crippen molar-refractivity contribution in [2.75, 3.05) is 37.6 Å². The van der Waals surface area contributed by atoms with Crippen LogP contribution < -0.4 is 19.7 Å². The summed E-state index contributed by atoms with van der Waals surface area (Å²) in [5.41, 5.74) is 2.52. The van der Waals surface area contributed by atoms with E-state index in [0.29, 0.717) is 18.3 Å². The van der Waals surface area contributed by atoms with Crippen molar-refractivity contribution in [2.45, 2.75) is 45.3 Å². The van der Waals surface area contributed by atoms with Crippen LogP contribution in [0, 0.1) is 0 Å². The van der Waals surface area contributed by atoms with Crippen LogP contribution in [0.3, 0.4) is 0 Å². The van der Waals surface area contributed by atoms with E-state index in [9.17, 15) is 5.11 Å². The molecule has 2 N–H and O–H groups in total. The molecule has 2 aromatic heterocycles. The van der Waals surface area contributed by atoms with Gasteiger partial charge in [-0.25, -0.2) is 4.98 Å². The zero-order chi connectivity index (χ0) is 22.0. The summed E-state index contributed by atoms with van der Waals surface area (Å²) in [7, 11) is 3.27. The number of fused-ring (bicyclic) bond motifs is 1. The molecular weight excluding hydrogens is 396 g/mol. The van der Waals surface area contributed by atoms with Gasteiger partial charge in [-0.3, -0.25) is 0 Å². The second-order valence-corrected chi connectivity index (χ2v) is 8.04. The Kier molecular flexibility index (Phi) is 6.13. The first kappa shape index (κ1) is 21.2. The summed E-state index contributed by atoms with van der Waals surface area (Å²) < 4.78 is 12.8. The third-order valence-corrected chi connectivity index (χ3v) is 5.68. The topological polar surface area (TPSA) is 97.6 Å². The fourth-order valence-electron chi connectivity index (χ4n) is 3.98. The van der Waals surface area contributed by atoms with Crippen LogP contribution in [0.1, 0.15) is 38.3 Å². The van der Waals surface area contributed by atoms with Crippen molar-refractivity contribution < 1.29 is 14.6 Å². The van der Waals surface area contributed by atoms with Gasteiger partial charge in [-0.05, 0) is 44.4 Å². The van der Waals surface area contributed by atoms with E-state index in [1.165, 1.54) is 0 Å². The zero-order valence-electron chi connectivity index (χ0n) is 18.5. The zero-order valence-corrected chi connectivity index (χ0v) is 18.5. The van der Waals surface area contributed by atoms with Crippen LogP contribution in [-0.4, -0.2) is 58.0 Å². The number of rotatable bonds is 8. The number of nitrogens with one attached hydrogen (secondary N) is 1. The van der Waals surface area contributed by atoms with Crippen LogP contribution in [-0.2, 0) is 6.54 Å². The Morgan fingerprint density at radius 2 is 1.90 bits per heavy atom. The van der Waals surface area contributed by atoms with Gasteiger partial charge < -0.3 is 29.4 Å². The van der Waals surface area contributed by atoms with Crippen LogP contribution >= 0.6 is 0 Å². The normalized spacial score (nSPS) is 16.3. The number of ether oxygens (including phenoxy) is 2. The molecule has 9 heteroatoms. The van der Waals surface area contributed by atoms with E-state index in [0.717, 1.165) is 47.6 Å². The maximum Gasteiger partial charge on any atom is 0.229 e. The van der Waals surface area contributed by atoms with Gasteiger partial charge in [0.05, 0.1) is 33.2 Å². The summed E-state index contributed by atoms with van der Waals surface area (Å²) in [5, 5.41) is 13.2. The number of imidazole rings is 1. The molecule has 0 saturated carbocycles. The van der Waals surface area contributed by atoms with Crippen LogP contribution in [0.25, 0.3) is 11.2 Å². The number of hydrogen-bond acceptors (Lipinski definition) is 8. The van der Waals surface area contributed by atoms with E-state index in [4.69, 9.17) is 19.4 Å². The molecular formula is C22H30N6O3. The summed E-state index contributed by atoms with van der Waals surface area (Å²) in [6.45, 7) is 5.66. The molecule has 0 unspecified atom stereocenters. The number of nitrogens with zero attached hydrogens (tertiary/aromatic N) is 5. The highest BCUT2D eigenvalue weighted by molar-refractivity contribution is 5.84. The lowest BCUT2D eigenvalue weighted by Crippen LogP contribution is -2.33. The summed E-state index contributed by atoms with van der Waals surface area (Å²) in [6, 6.07) is 6.03. The summed E-state index contributed by atoms with van der Waals surface area (Å²) in [5.74, 6) is 2.76. The molecule has 1 atom stereocenters. The molecule has 3 aromatic rings. The Labute approximate surface area is 182 Å². The standard InChI is InChI=1S/C22H30N6O3/c1-14(2)28-13-24-19-20(23-11-15-8-17(30-3)10-18(9-15)31-4)25-22(26-21(19)28)27-7-5-6-16(27)12-29/h8-10,13-14,16,29H,5-7,11-12H2,1-4H3,(H,23,25,26)/t16-/m1/s1. The lowest BCUT2D eigenvalue weighted by atomic mass is 10.2. The minimum atomic E-state index is 0.0448. The molecule has 9 nitrogen and oxygen atoms in total. The van der Waals surface area contributed by atoms with Gasteiger partial charge in [0.15, 0.2) is 17.0 Å². The monoisotopic (exact) mass is 426 g/mol. The average Bonchev–Trinajstić information content (AvgIpc) is 3.43. The minimum Gasteiger partial charge on any atom is -0.497 e. The fraction of sp³-hybridized carbons (Fsp3) is 0.500. The molecule has 31 heavy (non-hydrogen) atoms. The van der Waals surface area contributed by atoms with Crippen LogP contribution in [0.4, 0.5) is 11.8 Å². The molecule has 1 saturated heterocycles. The van der Waals surface area contributed by atoms with Gasteiger partial charge >= 0.3 is 0 Å². The van der Waals surface area contributed by atoms with E-state index in [2.05, 4.69) is 29.0 Å². The second kappa shape index (κ2) is 8.97. The van der Waals surface area contributed by atoms with Crippen molar-refractivity contribution in [3.8, 4) is 11.5 Å². The first-order chi connectivity index (χ1) is 15.0. The van der Waals surface area contributed by atoms with Gasteiger partial charge in [0.1, 0.15) is 11.5 Å². The number of anilines is 2. The summed E-state index contributed by atoms with van der Waals surface area (Å²) in [6.07, 6.45) is 3.76. The van der Waals surface area contributed by atoms with E-state index < -0.39 is 0 Å². The molecule has 0 amide bonds. The maximum absolute atomic E-state index is 9.78. The SMILES string of the molecule is COc1cc(CNc2nc(N3CCC[C@@H]3CO)nc3c2ncn3C(C)C)cc(OC)c1. The van der Waals surface area contributed by atoms with Crippen molar-refractivity contribution in [3.05, 3.63) is 30.1 Å². The van der Waals surface area contributed by atoms with E-state index in [-0.39, 0.29) is 18.7 Å². The van der Waals surface area contributed by atoms with E-state index >= 15 is 0 Å². The Morgan fingerprint density at radius 3 is 2.55 bits per heavy atom. The number of benzene rings is 1. The molecule has 0 bridgehead atoms. The number of hydrogen-bond donors (Lipinski definition) is 2. The van der Waals surface area contributed by atoms with Crippen molar-refractivity contribution in [2.24, 2.45) is 0 Å². The molecule has 1 aliphatic rings. The Bertz CT molecular complexity index is 1030. The number of aliphatic hydroxyl groups is 1. The van der Waals surface area contributed by atoms with Gasteiger partial charge in [-0.2, -0.15) is 9.97 Å². The van der Waals surface area contributed by atoms with Gasteiger partial charge in [0, 0.05) is 25.2 Å². The quantitative estimate of drug-likeness (QED) is 0.567. The Morgan fingerprint density at radius 1 is 1.16 bits per heavy atom. The fourth-order valence-corrected chi connectivity index (χ4v) is 3.98. The summed E-state index contributed by atoms with van der Waals surface area (Å²) in [4.78, 5) is 16.3. The molecule has 0 aliphatic carbocycles. The predicted octanol–water partition coefficient (Wildman–Crippen LogP) is 3.00. The molecule has 4 rings (SSSR count). The summed E-state index contributed by atoms with van der Waals surface area (Å²) >= 11 is 0. The van der Waals surface area contributed by atoms with Crippen LogP contribution in [0.5, 0.6) is 11.5 Å². The first-order valence-electron chi connectivity index (χ1n) is 10.6. The number of aliphatic hydroxyl groups excluding tert-OH is 1. The van der Waals surface area contributed by atoms with Gasteiger partial charge in [-0.1, -0.05) is 0 Å². The smallest absolute Gasteiger partial charge is 0.229 e. The second-order valence-electron chi connectivity index (χ2n) is 8.04. The van der Waals surface area contributed by atoms with E-state index in [1.54, 1.807) is 20.5 Å². The van der Waals surface area contributed by atoms with Crippen LogP contribution in [0.2, 0.25) is 0 Å². The van der Waals surface area contributed by atoms with Crippen molar-refractivity contribution in [1.29, 1.82) is 0 Å². The Hall–Kier alpha value is -3.07. The lowest BCUT2D eigenvalue weighted by molar-refractivity contribution is 0.265. The Balaban J connectivity index is 1.71. The van der Waals surface area contributed by atoms with Crippen molar-refractivity contribution in [3.63, 3.8) is 0 Å². The van der Waals surface area contributed by atoms with Gasteiger partial charge in [0.2, 0.25) is 5.95 Å². The third kappa shape index (κ3) is 4.23. The predicted molar refractivity (Wildman–Crippen MR) is 120 cm³/mol. The molecule has 1 aliphatic heterocycles.